The summed E-state index contributed by atoms with van der Waals surface area (Å²) in [5.41, 5.74) is 2.94. The Morgan fingerprint density at radius 1 is 1.06 bits per heavy atom. The molecule has 3 aliphatic carbocycles. The van der Waals surface area contributed by atoms with Crippen LogP contribution in [0.15, 0.2) is 47.6 Å². The van der Waals surface area contributed by atoms with E-state index in [1.165, 1.54) is 11.1 Å². The van der Waals surface area contributed by atoms with Crippen LogP contribution in [0.1, 0.15) is 86.9 Å². The number of allylic oxidation sites excluding steroid dienone is 4. The molecule has 3 amide bonds. The van der Waals surface area contributed by atoms with E-state index in [1.807, 2.05) is 6.92 Å². The molecule has 0 N–H and O–H groups in total. The van der Waals surface area contributed by atoms with Gasteiger partial charge in [-0.05, 0) is 73.0 Å². The van der Waals surface area contributed by atoms with Crippen molar-refractivity contribution in [1.29, 1.82) is 0 Å². The maximum absolute atomic E-state index is 14.0. The summed E-state index contributed by atoms with van der Waals surface area (Å²) in [6.07, 6.45) is 10.6. The number of fused-ring (bicyclic) bond motifs is 4. The standard InChI is InChI=1S/C28H33NO3/c1-17(2)18-10-12-22-19(16-18)11-13-23-27(22,3)14-7-15-28(23,4)26(32)29-24(30)20-8-5-6-9-21(20)25(29)31/h5-6,8-9,11,16-17,22-23H,7,10,12-15H2,1-4H3/t22-,23-,27-,28-/m1/s1. The molecule has 4 atom stereocenters. The van der Waals surface area contributed by atoms with Crippen molar-refractivity contribution < 1.29 is 14.4 Å². The van der Waals surface area contributed by atoms with E-state index in [9.17, 15) is 14.4 Å². The lowest BCUT2D eigenvalue weighted by atomic mass is 9.46. The zero-order valence-corrected chi connectivity index (χ0v) is 19.6. The van der Waals surface area contributed by atoms with Crippen molar-refractivity contribution in [2.75, 3.05) is 0 Å². The minimum Gasteiger partial charge on any atom is -0.273 e. The number of carbonyl (C=O) groups excluding carboxylic acids is 3. The SMILES string of the molecule is CC(C)C1=CC2=CC[C@@H]3[C@](C)(CCC[C@@]3(C)C(=O)N3C(=O)c4ccccc4C3=O)[C@@H]2CC1. The van der Waals surface area contributed by atoms with Gasteiger partial charge in [-0.25, -0.2) is 4.90 Å². The molecular formula is C28H33NO3. The number of carbonyl (C=O) groups is 3. The number of rotatable bonds is 2. The first-order chi connectivity index (χ1) is 15.2. The van der Waals surface area contributed by atoms with E-state index in [0.29, 0.717) is 23.0 Å². The molecule has 5 rings (SSSR count). The van der Waals surface area contributed by atoms with E-state index in [2.05, 4.69) is 32.9 Å². The van der Waals surface area contributed by atoms with Crippen LogP contribution in [0.5, 0.6) is 0 Å². The second kappa shape index (κ2) is 7.26. The van der Waals surface area contributed by atoms with Crippen LogP contribution in [0.3, 0.4) is 0 Å². The van der Waals surface area contributed by atoms with Gasteiger partial charge in [0, 0.05) is 0 Å². The molecule has 1 fully saturated rings. The van der Waals surface area contributed by atoms with Gasteiger partial charge in [0.25, 0.3) is 11.8 Å². The van der Waals surface area contributed by atoms with Gasteiger partial charge in [-0.1, -0.05) is 64.0 Å². The van der Waals surface area contributed by atoms with Crippen molar-refractivity contribution in [2.24, 2.45) is 28.6 Å². The minimum atomic E-state index is -0.718. The Morgan fingerprint density at radius 2 is 1.72 bits per heavy atom. The highest BCUT2D eigenvalue weighted by atomic mass is 16.2. The molecule has 4 heteroatoms. The molecule has 0 radical (unpaired) electrons. The maximum atomic E-state index is 14.0. The highest BCUT2D eigenvalue weighted by Crippen LogP contribution is 2.62. The van der Waals surface area contributed by atoms with E-state index >= 15 is 0 Å². The topological polar surface area (TPSA) is 54.5 Å². The predicted molar refractivity (Wildman–Crippen MR) is 124 cm³/mol. The van der Waals surface area contributed by atoms with Crippen LogP contribution < -0.4 is 0 Å². The summed E-state index contributed by atoms with van der Waals surface area (Å²) in [6, 6.07) is 6.78. The van der Waals surface area contributed by atoms with Gasteiger partial charge >= 0.3 is 0 Å². The summed E-state index contributed by atoms with van der Waals surface area (Å²) in [5, 5.41) is 0. The van der Waals surface area contributed by atoms with Crippen LogP contribution in [0.2, 0.25) is 0 Å². The van der Waals surface area contributed by atoms with Crippen LogP contribution in [0, 0.1) is 28.6 Å². The van der Waals surface area contributed by atoms with Crippen LogP contribution in [0.4, 0.5) is 0 Å². The fourth-order valence-electron chi connectivity index (χ4n) is 7.23. The first kappa shape index (κ1) is 21.4. The molecule has 1 heterocycles. The number of hydrogen-bond acceptors (Lipinski definition) is 3. The number of hydrogen-bond donors (Lipinski definition) is 0. The van der Waals surface area contributed by atoms with Gasteiger partial charge in [-0.2, -0.15) is 0 Å². The Labute approximate surface area is 190 Å². The average molecular weight is 432 g/mol. The van der Waals surface area contributed by atoms with E-state index in [-0.39, 0.29) is 17.2 Å². The highest BCUT2D eigenvalue weighted by Gasteiger charge is 2.59. The molecule has 168 valence electrons. The zero-order valence-electron chi connectivity index (χ0n) is 19.6. The van der Waals surface area contributed by atoms with Crippen molar-refractivity contribution in [1.82, 2.24) is 4.90 Å². The van der Waals surface area contributed by atoms with Crippen molar-refractivity contribution in [3.05, 3.63) is 58.7 Å². The molecule has 0 bridgehead atoms. The van der Waals surface area contributed by atoms with E-state index in [0.717, 1.165) is 43.4 Å². The monoisotopic (exact) mass is 431 g/mol. The summed E-state index contributed by atoms with van der Waals surface area (Å²) >= 11 is 0. The smallest absolute Gasteiger partial charge is 0.268 e. The first-order valence-electron chi connectivity index (χ1n) is 12.1. The third kappa shape index (κ3) is 2.84. The molecule has 0 spiro atoms. The fourth-order valence-corrected chi connectivity index (χ4v) is 7.23. The van der Waals surface area contributed by atoms with Crippen LogP contribution in [-0.2, 0) is 4.79 Å². The molecule has 0 unspecified atom stereocenters. The molecule has 1 saturated carbocycles. The minimum absolute atomic E-state index is 0.00439. The van der Waals surface area contributed by atoms with Gasteiger partial charge in [-0.15, -0.1) is 0 Å². The normalized spacial score (nSPS) is 34.0. The molecule has 4 aliphatic rings. The lowest BCUT2D eigenvalue weighted by molar-refractivity contribution is -0.150. The zero-order chi connectivity index (χ0) is 22.8. The molecule has 4 nitrogen and oxygen atoms in total. The number of benzene rings is 1. The largest absolute Gasteiger partial charge is 0.273 e. The second-order valence-corrected chi connectivity index (χ2v) is 11.0. The van der Waals surface area contributed by atoms with Crippen LogP contribution in [0.25, 0.3) is 0 Å². The van der Waals surface area contributed by atoms with Crippen LogP contribution >= 0.6 is 0 Å². The maximum Gasteiger partial charge on any atom is 0.268 e. The Balaban J connectivity index is 1.51. The summed E-state index contributed by atoms with van der Waals surface area (Å²) < 4.78 is 0. The number of amides is 3. The van der Waals surface area contributed by atoms with E-state index in [4.69, 9.17) is 0 Å². The lowest BCUT2D eigenvalue weighted by Gasteiger charge is -2.58. The molecule has 1 aromatic rings. The molecule has 1 aromatic carbocycles. The summed E-state index contributed by atoms with van der Waals surface area (Å²) in [7, 11) is 0. The van der Waals surface area contributed by atoms with E-state index in [1.54, 1.807) is 24.3 Å². The summed E-state index contributed by atoms with van der Waals surface area (Å²) in [5.74, 6) is -0.0848. The molecule has 0 saturated heterocycles. The summed E-state index contributed by atoms with van der Waals surface area (Å²) in [6.45, 7) is 8.89. The van der Waals surface area contributed by atoms with Crippen molar-refractivity contribution >= 4 is 17.7 Å². The first-order valence-corrected chi connectivity index (χ1v) is 12.1. The molecule has 32 heavy (non-hydrogen) atoms. The number of imide groups is 3. The molecule has 1 aliphatic heterocycles. The van der Waals surface area contributed by atoms with Gasteiger partial charge in [0.05, 0.1) is 16.5 Å². The molecule has 0 aromatic heterocycles. The Bertz CT molecular complexity index is 1040. The fraction of sp³-hybridized carbons (Fsp3) is 0.536. The van der Waals surface area contributed by atoms with Gasteiger partial charge in [0.15, 0.2) is 0 Å². The average Bonchev–Trinajstić information content (AvgIpc) is 3.03. The van der Waals surface area contributed by atoms with Crippen molar-refractivity contribution in [2.45, 2.75) is 66.2 Å². The Morgan fingerprint density at radius 3 is 2.34 bits per heavy atom. The third-order valence-corrected chi connectivity index (χ3v) is 9.07. The number of nitrogens with zero attached hydrogens (tertiary/aromatic N) is 1. The van der Waals surface area contributed by atoms with Crippen LogP contribution in [-0.4, -0.2) is 22.6 Å². The Hall–Kier alpha value is -2.49. The summed E-state index contributed by atoms with van der Waals surface area (Å²) in [4.78, 5) is 41.0. The Kier molecular flexibility index (Phi) is 4.85. The van der Waals surface area contributed by atoms with Crippen molar-refractivity contribution in [3.63, 3.8) is 0 Å². The van der Waals surface area contributed by atoms with Gasteiger partial charge in [0.2, 0.25) is 5.91 Å². The van der Waals surface area contributed by atoms with Gasteiger partial charge in [-0.3, -0.25) is 14.4 Å². The highest BCUT2D eigenvalue weighted by molar-refractivity contribution is 6.29. The quantitative estimate of drug-likeness (QED) is 0.544. The van der Waals surface area contributed by atoms with Crippen molar-refractivity contribution in [3.8, 4) is 0 Å². The molecular weight excluding hydrogens is 398 g/mol. The lowest BCUT2D eigenvalue weighted by Crippen LogP contribution is -2.57. The van der Waals surface area contributed by atoms with E-state index < -0.39 is 17.2 Å². The third-order valence-electron chi connectivity index (χ3n) is 9.07. The van der Waals surface area contributed by atoms with Gasteiger partial charge < -0.3 is 0 Å². The second-order valence-electron chi connectivity index (χ2n) is 11.0. The predicted octanol–water partition coefficient (Wildman–Crippen LogP) is 5.94. The van der Waals surface area contributed by atoms with Gasteiger partial charge in [0.1, 0.15) is 0 Å².